The predicted octanol–water partition coefficient (Wildman–Crippen LogP) is 2.81. The summed E-state index contributed by atoms with van der Waals surface area (Å²) in [6.07, 6.45) is 10.5. The third-order valence-electron chi connectivity index (χ3n) is 2.53. The van der Waals surface area contributed by atoms with Crippen molar-refractivity contribution in [1.82, 2.24) is 5.32 Å². The van der Waals surface area contributed by atoms with Crippen molar-refractivity contribution in [3.05, 3.63) is 0 Å². The van der Waals surface area contributed by atoms with Crippen molar-refractivity contribution in [3.63, 3.8) is 0 Å². The minimum atomic E-state index is 0.279. The van der Waals surface area contributed by atoms with Gasteiger partial charge in [-0.2, -0.15) is 0 Å². The summed E-state index contributed by atoms with van der Waals surface area (Å²) in [7, 11) is 0. The molecule has 0 aromatic carbocycles. The fourth-order valence-electron chi connectivity index (χ4n) is 1.65. The Kier molecular flexibility index (Phi) is 7.83. The molecule has 1 nitrogen and oxygen atoms in total. The zero-order chi connectivity index (χ0) is 10.1. The summed E-state index contributed by atoms with van der Waals surface area (Å²) < 4.78 is 0. The molecule has 0 bridgehead atoms. The van der Waals surface area contributed by atoms with Crippen molar-refractivity contribution >= 4 is 0 Å². The number of terminal acetylenes is 1. The Labute approximate surface area is 83.3 Å². The van der Waals surface area contributed by atoms with E-state index in [9.17, 15) is 0 Å². The van der Waals surface area contributed by atoms with Crippen LogP contribution in [0.4, 0.5) is 0 Å². The number of unbranched alkanes of at least 4 members (excludes halogenated alkanes) is 1. The number of nitrogens with one attached hydrogen (secondary N) is 1. The number of hydrogen-bond donors (Lipinski definition) is 1. The van der Waals surface area contributed by atoms with E-state index in [0.29, 0.717) is 5.92 Å². The summed E-state index contributed by atoms with van der Waals surface area (Å²) in [5.74, 6) is 3.51. The smallest absolute Gasteiger partial charge is 0.0715 e. The van der Waals surface area contributed by atoms with E-state index in [2.05, 4.69) is 32.0 Å². The van der Waals surface area contributed by atoms with Crippen LogP contribution >= 0.6 is 0 Å². The van der Waals surface area contributed by atoms with E-state index in [1.54, 1.807) is 0 Å². The highest BCUT2D eigenvalue weighted by atomic mass is 14.9. The van der Waals surface area contributed by atoms with Crippen molar-refractivity contribution < 1.29 is 0 Å². The minimum absolute atomic E-state index is 0.279. The van der Waals surface area contributed by atoms with Crippen LogP contribution in [0.2, 0.25) is 0 Å². The van der Waals surface area contributed by atoms with Crippen LogP contribution in [0.1, 0.15) is 46.5 Å². The van der Waals surface area contributed by atoms with Crippen molar-refractivity contribution in [2.45, 2.75) is 52.5 Å². The topological polar surface area (TPSA) is 12.0 Å². The predicted molar refractivity (Wildman–Crippen MR) is 59.6 cm³/mol. The van der Waals surface area contributed by atoms with E-state index in [4.69, 9.17) is 6.42 Å². The molecule has 0 aliphatic heterocycles. The van der Waals surface area contributed by atoms with E-state index in [0.717, 1.165) is 6.54 Å². The molecule has 0 aromatic rings. The van der Waals surface area contributed by atoms with Gasteiger partial charge in [0.25, 0.3) is 0 Å². The van der Waals surface area contributed by atoms with E-state index in [-0.39, 0.29) is 6.04 Å². The molecule has 13 heavy (non-hydrogen) atoms. The van der Waals surface area contributed by atoms with Crippen LogP contribution in [0.5, 0.6) is 0 Å². The van der Waals surface area contributed by atoms with Crippen LogP contribution in [0, 0.1) is 18.3 Å². The van der Waals surface area contributed by atoms with Gasteiger partial charge < -0.3 is 5.32 Å². The van der Waals surface area contributed by atoms with Crippen LogP contribution in [-0.4, -0.2) is 12.6 Å². The lowest BCUT2D eigenvalue weighted by atomic mass is 9.92. The highest BCUT2D eigenvalue weighted by Crippen LogP contribution is 2.16. The highest BCUT2D eigenvalue weighted by molar-refractivity contribution is 5.01. The molecule has 0 rings (SSSR count). The summed E-state index contributed by atoms with van der Waals surface area (Å²) in [5.41, 5.74) is 0. The number of hydrogen-bond acceptors (Lipinski definition) is 1. The van der Waals surface area contributed by atoms with Crippen molar-refractivity contribution in [2.24, 2.45) is 5.92 Å². The molecule has 0 amide bonds. The highest BCUT2D eigenvalue weighted by Gasteiger charge is 2.15. The third-order valence-corrected chi connectivity index (χ3v) is 2.53. The molecule has 0 saturated heterocycles. The van der Waals surface area contributed by atoms with Crippen LogP contribution in [-0.2, 0) is 0 Å². The van der Waals surface area contributed by atoms with Gasteiger partial charge >= 0.3 is 0 Å². The molecule has 0 aliphatic carbocycles. The van der Waals surface area contributed by atoms with E-state index in [1.807, 2.05) is 0 Å². The Morgan fingerprint density at radius 2 is 2.00 bits per heavy atom. The first-order chi connectivity index (χ1) is 6.29. The van der Waals surface area contributed by atoms with Gasteiger partial charge in [-0.3, -0.25) is 0 Å². The molecule has 0 saturated carbocycles. The van der Waals surface area contributed by atoms with Gasteiger partial charge in [-0.15, -0.1) is 6.42 Å². The third kappa shape index (κ3) is 4.95. The Morgan fingerprint density at radius 1 is 1.31 bits per heavy atom. The molecule has 0 fully saturated rings. The molecule has 1 N–H and O–H groups in total. The molecular weight excluding hydrogens is 158 g/mol. The first-order valence-corrected chi connectivity index (χ1v) is 5.49. The van der Waals surface area contributed by atoms with Gasteiger partial charge in [0.1, 0.15) is 0 Å². The molecule has 0 aromatic heterocycles. The second-order valence-electron chi connectivity index (χ2n) is 3.51. The lowest BCUT2D eigenvalue weighted by Crippen LogP contribution is -2.34. The molecule has 0 heterocycles. The summed E-state index contributed by atoms with van der Waals surface area (Å²) in [4.78, 5) is 0. The van der Waals surface area contributed by atoms with Gasteiger partial charge in [0.05, 0.1) is 6.04 Å². The Bertz CT molecular complexity index is 146. The molecular formula is C12H23N. The van der Waals surface area contributed by atoms with Crippen molar-refractivity contribution in [1.29, 1.82) is 0 Å². The lowest BCUT2D eigenvalue weighted by Gasteiger charge is -2.22. The summed E-state index contributed by atoms with van der Waals surface area (Å²) >= 11 is 0. The average Bonchev–Trinajstić information content (AvgIpc) is 2.17. The molecule has 1 heteroatoms. The Balaban J connectivity index is 3.94. The standard InChI is InChI=1S/C12H23N/c1-5-9-10-11(6-2)12(7-3)13-8-4/h3,11-13H,5-6,8-10H2,1-2,4H3. The zero-order valence-corrected chi connectivity index (χ0v) is 9.27. The normalized spacial score (nSPS) is 14.9. The molecule has 0 radical (unpaired) electrons. The Hall–Kier alpha value is -0.480. The fraction of sp³-hybridized carbons (Fsp3) is 0.833. The SMILES string of the molecule is C#CC(NCC)C(CC)CCCC. The van der Waals surface area contributed by atoms with Crippen LogP contribution in [0.15, 0.2) is 0 Å². The van der Waals surface area contributed by atoms with E-state index in [1.165, 1.54) is 25.7 Å². The molecule has 0 aliphatic rings. The van der Waals surface area contributed by atoms with Gasteiger partial charge in [0.2, 0.25) is 0 Å². The van der Waals surface area contributed by atoms with Gasteiger partial charge in [-0.25, -0.2) is 0 Å². The first-order valence-electron chi connectivity index (χ1n) is 5.49. The van der Waals surface area contributed by atoms with Crippen LogP contribution < -0.4 is 5.32 Å². The molecule has 2 atom stereocenters. The zero-order valence-electron chi connectivity index (χ0n) is 9.27. The van der Waals surface area contributed by atoms with Gasteiger partial charge in [0.15, 0.2) is 0 Å². The lowest BCUT2D eigenvalue weighted by molar-refractivity contribution is 0.374. The summed E-state index contributed by atoms with van der Waals surface area (Å²) in [6.45, 7) is 7.53. The molecule has 76 valence electrons. The van der Waals surface area contributed by atoms with Crippen molar-refractivity contribution in [3.8, 4) is 12.3 Å². The van der Waals surface area contributed by atoms with E-state index >= 15 is 0 Å². The maximum absolute atomic E-state index is 5.49. The van der Waals surface area contributed by atoms with Gasteiger partial charge in [-0.05, 0) is 18.9 Å². The molecule has 2 unspecified atom stereocenters. The van der Waals surface area contributed by atoms with Crippen LogP contribution in [0.25, 0.3) is 0 Å². The van der Waals surface area contributed by atoms with E-state index < -0.39 is 0 Å². The molecule has 0 spiro atoms. The minimum Gasteiger partial charge on any atom is -0.304 e. The second kappa shape index (κ2) is 8.13. The Morgan fingerprint density at radius 3 is 2.38 bits per heavy atom. The quantitative estimate of drug-likeness (QED) is 0.596. The van der Waals surface area contributed by atoms with Crippen molar-refractivity contribution in [2.75, 3.05) is 6.54 Å². The average molecular weight is 181 g/mol. The number of rotatable bonds is 7. The second-order valence-corrected chi connectivity index (χ2v) is 3.51. The maximum atomic E-state index is 5.49. The summed E-state index contributed by atoms with van der Waals surface area (Å²) in [5, 5.41) is 3.36. The summed E-state index contributed by atoms with van der Waals surface area (Å²) in [6, 6.07) is 0.279. The maximum Gasteiger partial charge on any atom is 0.0715 e. The first kappa shape index (κ1) is 12.5. The van der Waals surface area contributed by atoms with Gasteiger partial charge in [0, 0.05) is 0 Å². The monoisotopic (exact) mass is 181 g/mol. The fourth-order valence-corrected chi connectivity index (χ4v) is 1.65. The largest absolute Gasteiger partial charge is 0.304 e. The van der Waals surface area contributed by atoms with Gasteiger partial charge in [-0.1, -0.05) is 46.0 Å². The van der Waals surface area contributed by atoms with Crippen LogP contribution in [0.3, 0.4) is 0 Å².